The number of carbonyl (C=O) groups excluding carboxylic acids is 3. The Morgan fingerprint density at radius 1 is 1.29 bits per heavy atom. The maximum Gasteiger partial charge on any atom is 0.313 e. The van der Waals surface area contributed by atoms with Gasteiger partial charge in [0.1, 0.15) is 24.2 Å². The van der Waals surface area contributed by atoms with E-state index in [0.717, 1.165) is 16.8 Å². The Kier molecular flexibility index (Phi) is 6.64. The van der Waals surface area contributed by atoms with Gasteiger partial charge in [0.25, 0.3) is 5.91 Å². The van der Waals surface area contributed by atoms with Crippen LogP contribution in [0.1, 0.15) is 30.9 Å². The van der Waals surface area contributed by atoms with Gasteiger partial charge >= 0.3 is 5.97 Å². The van der Waals surface area contributed by atoms with Crippen LogP contribution in [0, 0.1) is 25.7 Å². The molecule has 4 rings (SSSR count). The minimum Gasteiger partial charge on any atom is -0.461 e. The molecule has 2 amide bonds. The zero-order valence-electron chi connectivity index (χ0n) is 20.7. The van der Waals surface area contributed by atoms with Crippen LogP contribution in [0.4, 0.5) is 5.69 Å². The van der Waals surface area contributed by atoms with Gasteiger partial charge < -0.3 is 24.4 Å². The Balaban J connectivity index is 1.80. The number of esters is 1. The monoisotopic (exact) mass is 482 g/mol. The third kappa shape index (κ3) is 3.79. The highest BCUT2D eigenvalue weighted by Crippen LogP contribution is 2.63. The Morgan fingerprint density at radius 2 is 2.03 bits per heavy atom. The van der Waals surface area contributed by atoms with E-state index in [1.165, 1.54) is 11.0 Å². The summed E-state index contributed by atoms with van der Waals surface area (Å²) in [6.45, 7) is 13.0. The number of aliphatic hydroxyl groups excluding tert-OH is 1. The second kappa shape index (κ2) is 9.24. The van der Waals surface area contributed by atoms with Crippen molar-refractivity contribution in [2.45, 2.75) is 50.9 Å². The smallest absolute Gasteiger partial charge is 0.313 e. The quantitative estimate of drug-likeness (QED) is 0.429. The third-order valence-corrected chi connectivity index (χ3v) is 7.68. The van der Waals surface area contributed by atoms with Crippen LogP contribution in [-0.4, -0.2) is 71.3 Å². The fourth-order valence-electron chi connectivity index (χ4n) is 6.24. The van der Waals surface area contributed by atoms with Gasteiger partial charge in [0.05, 0.1) is 18.1 Å². The summed E-state index contributed by atoms with van der Waals surface area (Å²) in [7, 11) is 0. The first-order valence-corrected chi connectivity index (χ1v) is 12.0. The van der Waals surface area contributed by atoms with Gasteiger partial charge in [-0.15, -0.1) is 6.58 Å². The summed E-state index contributed by atoms with van der Waals surface area (Å²) in [4.78, 5) is 44.2. The number of hydrogen-bond donors (Lipinski definition) is 1. The number of anilines is 1. The lowest BCUT2D eigenvalue weighted by Gasteiger charge is -2.37. The predicted octanol–water partition coefficient (Wildman–Crippen LogP) is 2.31. The van der Waals surface area contributed by atoms with Crippen LogP contribution < -0.4 is 4.90 Å². The van der Waals surface area contributed by atoms with E-state index in [4.69, 9.17) is 9.47 Å². The highest BCUT2D eigenvalue weighted by Gasteiger charge is 2.78. The van der Waals surface area contributed by atoms with Gasteiger partial charge in [-0.05, 0) is 50.8 Å². The summed E-state index contributed by atoms with van der Waals surface area (Å²) >= 11 is 0. The van der Waals surface area contributed by atoms with Crippen molar-refractivity contribution in [2.24, 2.45) is 11.8 Å². The molecule has 0 saturated carbocycles. The molecular formula is C27H34N2O6. The molecule has 2 unspecified atom stereocenters. The summed E-state index contributed by atoms with van der Waals surface area (Å²) in [5.41, 5.74) is 0.547. The molecular weight excluding hydrogens is 448 g/mol. The standard InChI is InChI=1S/C27H34N2O6/c1-6-12-28(19-16-17(3)8-9-18(19)4)24(32)22-27-11-10-26(5,35-27)21(25(33)34-15-7-2)20(27)23(31)29(22)13-14-30/h6-9,16,20-22,30H,1-2,10-15H2,3-5H3/t20-,21+,22?,26-,27?/m0/s1. The van der Waals surface area contributed by atoms with E-state index in [2.05, 4.69) is 13.2 Å². The van der Waals surface area contributed by atoms with Crippen molar-refractivity contribution >= 4 is 23.5 Å². The summed E-state index contributed by atoms with van der Waals surface area (Å²) in [5, 5.41) is 9.78. The first-order chi connectivity index (χ1) is 16.6. The second-order valence-electron chi connectivity index (χ2n) is 9.93. The van der Waals surface area contributed by atoms with Crippen molar-refractivity contribution in [3.8, 4) is 0 Å². The molecule has 1 aromatic rings. The Bertz CT molecular complexity index is 1070. The third-order valence-electron chi connectivity index (χ3n) is 7.68. The molecule has 0 aliphatic carbocycles. The van der Waals surface area contributed by atoms with Gasteiger partial charge in [-0.2, -0.15) is 0 Å². The molecule has 35 heavy (non-hydrogen) atoms. The molecule has 1 spiro atoms. The molecule has 3 saturated heterocycles. The number of nitrogens with zero attached hydrogens (tertiary/aromatic N) is 2. The fourth-order valence-corrected chi connectivity index (χ4v) is 6.24. The highest BCUT2D eigenvalue weighted by atomic mass is 16.6. The number of aryl methyl sites for hydroxylation is 2. The molecule has 0 aromatic heterocycles. The Labute approximate surface area is 206 Å². The van der Waals surface area contributed by atoms with Crippen LogP contribution >= 0.6 is 0 Å². The highest BCUT2D eigenvalue weighted by molar-refractivity contribution is 6.05. The van der Waals surface area contributed by atoms with Crippen LogP contribution in [0.25, 0.3) is 0 Å². The second-order valence-corrected chi connectivity index (χ2v) is 9.93. The first kappa shape index (κ1) is 25.1. The molecule has 8 heteroatoms. The van der Waals surface area contributed by atoms with Crippen molar-refractivity contribution in [2.75, 3.05) is 31.2 Å². The lowest BCUT2D eigenvalue weighted by molar-refractivity contribution is -0.158. The molecule has 2 bridgehead atoms. The van der Waals surface area contributed by atoms with Crippen LogP contribution in [0.2, 0.25) is 0 Å². The predicted molar refractivity (Wildman–Crippen MR) is 131 cm³/mol. The zero-order chi connectivity index (χ0) is 25.5. The van der Waals surface area contributed by atoms with E-state index in [9.17, 15) is 19.5 Å². The number of likely N-dealkylation sites (tertiary alicyclic amines) is 1. The van der Waals surface area contributed by atoms with E-state index < -0.39 is 35.0 Å². The molecule has 0 radical (unpaired) electrons. The summed E-state index contributed by atoms with van der Waals surface area (Å²) in [6, 6.07) is 4.88. The topological polar surface area (TPSA) is 96.4 Å². The number of carbonyl (C=O) groups is 3. The number of amides is 2. The molecule has 8 nitrogen and oxygen atoms in total. The Hall–Kier alpha value is -2.97. The number of aliphatic hydroxyl groups is 1. The van der Waals surface area contributed by atoms with Gasteiger partial charge in [-0.1, -0.05) is 30.9 Å². The van der Waals surface area contributed by atoms with Crippen molar-refractivity contribution in [3.63, 3.8) is 0 Å². The maximum absolute atomic E-state index is 14.3. The number of ether oxygens (including phenoxy) is 2. The van der Waals surface area contributed by atoms with Gasteiger partial charge in [-0.25, -0.2) is 0 Å². The van der Waals surface area contributed by atoms with Gasteiger partial charge in [0, 0.05) is 18.8 Å². The van der Waals surface area contributed by atoms with Crippen LogP contribution in [0.3, 0.4) is 0 Å². The number of rotatable bonds is 9. The zero-order valence-corrected chi connectivity index (χ0v) is 20.7. The van der Waals surface area contributed by atoms with E-state index in [1.54, 1.807) is 11.0 Å². The number of β-amino-alcohol motifs (C(OH)–C–C–N with tert-alkyl or cyclic N) is 1. The summed E-state index contributed by atoms with van der Waals surface area (Å²) in [5.74, 6) is -2.89. The van der Waals surface area contributed by atoms with E-state index in [-0.39, 0.29) is 38.1 Å². The maximum atomic E-state index is 14.3. The minimum atomic E-state index is -1.17. The van der Waals surface area contributed by atoms with Crippen molar-refractivity contribution in [1.29, 1.82) is 0 Å². The largest absolute Gasteiger partial charge is 0.461 e. The average molecular weight is 483 g/mol. The number of benzene rings is 1. The van der Waals surface area contributed by atoms with Crippen molar-refractivity contribution < 1.29 is 29.0 Å². The van der Waals surface area contributed by atoms with Crippen LogP contribution in [0.5, 0.6) is 0 Å². The van der Waals surface area contributed by atoms with Crippen LogP contribution in [-0.2, 0) is 23.9 Å². The Morgan fingerprint density at radius 3 is 2.69 bits per heavy atom. The number of fused-ring (bicyclic) bond motifs is 1. The molecule has 188 valence electrons. The molecule has 3 fully saturated rings. The van der Waals surface area contributed by atoms with Crippen molar-refractivity contribution in [3.05, 3.63) is 54.6 Å². The normalized spacial score (nSPS) is 30.8. The summed E-state index contributed by atoms with van der Waals surface area (Å²) in [6.07, 6.45) is 4.10. The molecule has 3 aliphatic rings. The van der Waals surface area contributed by atoms with E-state index >= 15 is 0 Å². The molecule has 5 atom stereocenters. The molecule has 3 aliphatic heterocycles. The van der Waals surface area contributed by atoms with Gasteiger partial charge in [0.15, 0.2) is 0 Å². The minimum absolute atomic E-state index is 0.0295. The summed E-state index contributed by atoms with van der Waals surface area (Å²) < 4.78 is 11.9. The molecule has 1 N–H and O–H groups in total. The average Bonchev–Trinajstić information content (AvgIpc) is 3.38. The van der Waals surface area contributed by atoms with Crippen molar-refractivity contribution in [1.82, 2.24) is 4.90 Å². The van der Waals surface area contributed by atoms with Gasteiger partial charge in [-0.3, -0.25) is 14.4 Å². The fraction of sp³-hybridized carbons (Fsp3) is 0.519. The number of hydrogen-bond acceptors (Lipinski definition) is 6. The lowest BCUT2D eigenvalue weighted by Crippen LogP contribution is -2.57. The van der Waals surface area contributed by atoms with E-state index in [1.807, 2.05) is 39.0 Å². The SMILES string of the molecule is C=CCOC(=O)[C@H]1[C@H]2C(=O)N(CCO)C(C(=O)N(CC=C)c3cc(C)ccc3C)C23CC[C@]1(C)O3. The molecule has 3 heterocycles. The van der Waals surface area contributed by atoms with E-state index in [0.29, 0.717) is 12.8 Å². The van der Waals surface area contributed by atoms with Crippen LogP contribution in [0.15, 0.2) is 43.5 Å². The lowest BCUT2D eigenvalue weighted by atomic mass is 9.66. The first-order valence-electron chi connectivity index (χ1n) is 12.0. The molecule has 1 aromatic carbocycles. The van der Waals surface area contributed by atoms with Gasteiger partial charge in [0.2, 0.25) is 5.91 Å².